The molecule has 0 heterocycles. The Morgan fingerprint density at radius 1 is 1.15 bits per heavy atom. The third kappa shape index (κ3) is 6.12. The van der Waals surface area contributed by atoms with Crippen molar-refractivity contribution in [2.45, 2.75) is 6.61 Å². The van der Waals surface area contributed by atoms with E-state index in [1.54, 1.807) is 18.2 Å². The minimum atomic E-state index is -1.02. The third-order valence-electron chi connectivity index (χ3n) is 4.61. The fraction of sp³-hybridized carbons (Fsp3) is 0.0800. The van der Waals surface area contributed by atoms with Gasteiger partial charge in [-0.05, 0) is 65.7 Å². The summed E-state index contributed by atoms with van der Waals surface area (Å²) in [4.78, 5) is 23.4. The third-order valence-corrected chi connectivity index (χ3v) is 4.89. The van der Waals surface area contributed by atoms with Crippen molar-refractivity contribution < 1.29 is 28.6 Å². The molecule has 0 spiro atoms. The predicted molar refractivity (Wildman–Crippen MR) is 124 cm³/mol. The van der Waals surface area contributed by atoms with Crippen molar-refractivity contribution in [2.24, 2.45) is 0 Å². The van der Waals surface area contributed by atoms with Gasteiger partial charge in [0.15, 0.2) is 11.5 Å². The van der Waals surface area contributed by atoms with Gasteiger partial charge in [-0.1, -0.05) is 23.7 Å². The summed E-state index contributed by atoms with van der Waals surface area (Å²) in [5.74, 6) is -1.62. The highest BCUT2D eigenvalue weighted by Crippen LogP contribution is 2.37. The van der Waals surface area contributed by atoms with E-state index < -0.39 is 17.7 Å². The van der Waals surface area contributed by atoms with Crippen molar-refractivity contribution in [1.82, 2.24) is 0 Å². The average Bonchev–Trinajstić information content (AvgIpc) is 2.83. The number of ether oxygens (including phenoxy) is 2. The number of carboxylic acid groups (broad SMARTS) is 1. The van der Waals surface area contributed by atoms with Gasteiger partial charge in [-0.15, -0.1) is 0 Å². The number of nitrogens with one attached hydrogen (secondary N) is 1. The summed E-state index contributed by atoms with van der Waals surface area (Å²) in [6.45, 7) is 0.106. The molecule has 2 N–H and O–H groups in total. The van der Waals surface area contributed by atoms with Crippen LogP contribution >= 0.6 is 11.6 Å². The van der Waals surface area contributed by atoms with Gasteiger partial charge >= 0.3 is 5.97 Å². The molecule has 0 aliphatic carbocycles. The van der Waals surface area contributed by atoms with Gasteiger partial charge in [0.05, 0.1) is 17.7 Å². The van der Waals surface area contributed by atoms with Crippen LogP contribution in [-0.4, -0.2) is 24.1 Å². The fourth-order valence-electron chi connectivity index (χ4n) is 2.91. The van der Waals surface area contributed by atoms with Crippen LogP contribution in [0, 0.1) is 17.1 Å². The van der Waals surface area contributed by atoms with Crippen LogP contribution in [0.3, 0.4) is 0 Å². The van der Waals surface area contributed by atoms with E-state index in [4.69, 9.17) is 26.2 Å². The van der Waals surface area contributed by atoms with E-state index in [0.717, 1.165) is 5.56 Å². The van der Waals surface area contributed by atoms with E-state index in [0.29, 0.717) is 11.3 Å². The number of carbonyl (C=O) groups is 2. The zero-order valence-electron chi connectivity index (χ0n) is 17.8. The van der Waals surface area contributed by atoms with Crippen molar-refractivity contribution in [1.29, 1.82) is 5.26 Å². The smallest absolute Gasteiger partial charge is 0.335 e. The summed E-state index contributed by atoms with van der Waals surface area (Å²) in [5.41, 5.74) is 1.44. The molecule has 0 fully saturated rings. The summed E-state index contributed by atoms with van der Waals surface area (Å²) in [6, 6.07) is 16.2. The summed E-state index contributed by atoms with van der Waals surface area (Å²) in [7, 11) is 1.42. The highest BCUT2D eigenvalue weighted by molar-refractivity contribution is 6.32. The largest absolute Gasteiger partial charge is 0.493 e. The van der Waals surface area contributed by atoms with Gasteiger partial charge in [-0.25, -0.2) is 9.18 Å². The molecule has 0 aliphatic heterocycles. The molecular weight excluding hydrogens is 463 g/mol. The van der Waals surface area contributed by atoms with E-state index in [9.17, 15) is 19.2 Å². The molecule has 0 saturated carbocycles. The molecule has 1 amide bonds. The molecule has 0 saturated heterocycles. The molecule has 0 aliphatic rings. The number of rotatable bonds is 8. The Hall–Kier alpha value is -4.35. The maximum Gasteiger partial charge on any atom is 0.335 e. The molecule has 34 heavy (non-hydrogen) atoms. The normalized spacial score (nSPS) is 10.8. The van der Waals surface area contributed by atoms with Gasteiger partial charge in [-0.2, -0.15) is 5.26 Å². The number of halogens is 2. The van der Waals surface area contributed by atoms with E-state index in [1.165, 1.54) is 55.7 Å². The topological polar surface area (TPSA) is 109 Å². The Bertz CT molecular complexity index is 1280. The maximum atomic E-state index is 13.0. The lowest BCUT2D eigenvalue weighted by Gasteiger charge is -2.14. The Morgan fingerprint density at radius 2 is 1.82 bits per heavy atom. The second-order valence-corrected chi connectivity index (χ2v) is 7.36. The second-order valence-electron chi connectivity index (χ2n) is 6.96. The number of amides is 1. The first kappa shape index (κ1) is 24.3. The van der Waals surface area contributed by atoms with Crippen LogP contribution in [-0.2, 0) is 11.4 Å². The minimum absolute atomic E-state index is 0.106. The average molecular weight is 481 g/mol. The van der Waals surface area contributed by atoms with Crippen molar-refractivity contribution in [3.63, 3.8) is 0 Å². The minimum Gasteiger partial charge on any atom is -0.493 e. The zero-order valence-corrected chi connectivity index (χ0v) is 18.6. The first-order valence-corrected chi connectivity index (χ1v) is 10.2. The van der Waals surface area contributed by atoms with Crippen LogP contribution in [0.4, 0.5) is 10.1 Å². The highest BCUT2D eigenvalue weighted by Gasteiger charge is 2.15. The fourth-order valence-corrected chi connectivity index (χ4v) is 3.18. The quantitative estimate of drug-likeness (QED) is 0.334. The van der Waals surface area contributed by atoms with Crippen LogP contribution in [0.25, 0.3) is 6.08 Å². The predicted octanol–water partition coefficient (Wildman–Crippen LogP) is 5.31. The summed E-state index contributed by atoms with van der Waals surface area (Å²) in [5, 5.41) is 21.1. The van der Waals surface area contributed by atoms with Crippen molar-refractivity contribution in [3.8, 4) is 17.6 Å². The van der Waals surface area contributed by atoms with Gasteiger partial charge in [-0.3, -0.25) is 4.79 Å². The van der Waals surface area contributed by atoms with E-state index in [2.05, 4.69) is 5.32 Å². The standard InChI is InChI=1S/C25H18ClFN2O5/c1-33-22-12-16(10-18(13-28)24(30)29-20-8-6-19(27)7-9-20)11-21(26)23(22)34-14-15-2-4-17(5-3-15)25(31)32/h2-12H,14H2,1H3,(H,29,30)(H,31,32)/b18-10+. The lowest BCUT2D eigenvalue weighted by Crippen LogP contribution is -2.13. The first-order valence-electron chi connectivity index (χ1n) is 9.82. The molecule has 0 unspecified atom stereocenters. The number of methoxy groups -OCH3 is 1. The number of carboxylic acids is 1. The van der Waals surface area contributed by atoms with Crippen LogP contribution in [0.5, 0.6) is 11.5 Å². The lowest BCUT2D eigenvalue weighted by atomic mass is 10.1. The van der Waals surface area contributed by atoms with Crippen LogP contribution in [0.1, 0.15) is 21.5 Å². The van der Waals surface area contributed by atoms with Crippen LogP contribution < -0.4 is 14.8 Å². The molecule has 0 bridgehead atoms. The Labute approximate surface area is 199 Å². The lowest BCUT2D eigenvalue weighted by molar-refractivity contribution is -0.112. The molecule has 3 rings (SSSR count). The number of anilines is 1. The molecule has 9 heteroatoms. The molecule has 3 aromatic carbocycles. The van der Waals surface area contributed by atoms with Crippen LogP contribution in [0.15, 0.2) is 66.2 Å². The Morgan fingerprint density at radius 3 is 2.41 bits per heavy atom. The van der Waals surface area contributed by atoms with E-state index in [-0.39, 0.29) is 34.3 Å². The molecule has 0 radical (unpaired) electrons. The van der Waals surface area contributed by atoms with Crippen LogP contribution in [0.2, 0.25) is 5.02 Å². The second kappa shape index (κ2) is 11.0. The summed E-state index contributed by atoms with van der Waals surface area (Å²) in [6.07, 6.45) is 1.33. The van der Waals surface area contributed by atoms with Crippen molar-refractivity contribution >= 4 is 35.2 Å². The zero-order chi connectivity index (χ0) is 24.7. The molecular formula is C25H18ClFN2O5. The number of nitriles is 1. The first-order chi connectivity index (χ1) is 16.3. The molecule has 0 atom stereocenters. The summed E-state index contributed by atoms with van der Waals surface area (Å²) < 4.78 is 24.2. The molecule has 3 aromatic rings. The number of benzene rings is 3. The molecule has 7 nitrogen and oxygen atoms in total. The number of hydrogen-bond acceptors (Lipinski definition) is 5. The highest BCUT2D eigenvalue weighted by atomic mass is 35.5. The number of carbonyl (C=O) groups excluding carboxylic acids is 1. The summed E-state index contributed by atoms with van der Waals surface area (Å²) >= 11 is 6.37. The van der Waals surface area contributed by atoms with Gasteiger partial charge in [0.25, 0.3) is 5.91 Å². The van der Waals surface area contributed by atoms with Gasteiger partial charge < -0.3 is 19.9 Å². The molecule has 0 aromatic heterocycles. The van der Waals surface area contributed by atoms with E-state index >= 15 is 0 Å². The van der Waals surface area contributed by atoms with Gasteiger partial charge in [0.1, 0.15) is 24.1 Å². The van der Waals surface area contributed by atoms with Crippen molar-refractivity contribution in [3.05, 3.63) is 93.8 Å². The monoisotopic (exact) mass is 480 g/mol. The Balaban J connectivity index is 1.78. The molecule has 172 valence electrons. The van der Waals surface area contributed by atoms with Gasteiger partial charge in [0, 0.05) is 5.69 Å². The maximum absolute atomic E-state index is 13.0. The number of nitrogens with zero attached hydrogens (tertiary/aromatic N) is 1. The Kier molecular flexibility index (Phi) is 7.85. The SMILES string of the molecule is COc1cc(/C=C(\C#N)C(=O)Nc2ccc(F)cc2)cc(Cl)c1OCc1ccc(C(=O)O)cc1. The number of hydrogen-bond donors (Lipinski definition) is 2. The number of aromatic carboxylic acids is 1. The van der Waals surface area contributed by atoms with Crippen molar-refractivity contribution in [2.75, 3.05) is 12.4 Å². The van der Waals surface area contributed by atoms with E-state index in [1.807, 2.05) is 6.07 Å². The van der Waals surface area contributed by atoms with Gasteiger partial charge in [0.2, 0.25) is 0 Å².